The van der Waals surface area contributed by atoms with Gasteiger partial charge in [0.25, 0.3) is 0 Å². The maximum atomic E-state index is 11.7. The molecule has 1 aromatic heterocycles. The molecule has 70 valence electrons. The van der Waals surface area contributed by atoms with E-state index in [0.717, 1.165) is 16.6 Å². The van der Waals surface area contributed by atoms with Crippen molar-refractivity contribution in [2.45, 2.75) is 6.42 Å². The van der Waals surface area contributed by atoms with Gasteiger partial charge in [-0.15, -0.1) is 0 Å². The first-order chi connectivity index (χ1) is 6.86. The molecule has 0 amide bonds. The van der Waals surface area contributed by atoms with Crippen LogP contribution in [0.15, 0.2) is 24.5 Å². The Morgan fingerprint density at radius 3 is 3.29 bits per heavy atom. The maximum absolute atomic E-state index is 11.7. The van der Waals surface area contributed by atoms with Gasteiger partial charge in [-0.05, 0) is 12.1 Å². The molecule has 3 rings (SSSR count). The number of benzene rings is 1. The van der Waals surface area contributed by atoms with Crippen LogP contribution >= 0.6 is 0 Å². The van der Waals surface area contributed by atoms with Gasteiger partial charge in [-0.2, -0.15) is 0 Å². The van der Waals surface area contributed by atoms with Crippen molar-refractivity contribution in [3.63, 3.8) is 0 Å². The van der Waals surface area contributed by atoms with Crippen LogP contribution in [0.1, 0.15) is 16.8 Å². The molecule has 2 aromatic rings. The number of hydrogen-bond donors (Lipinski definition) is 1. The monoisotopic (exact) mass is 187 g/mol. The summed E-state index contributed by atoms with van der Waals surface area (Å²) in [6.07, 6.45) is 2.26. The Morgan fingerprint density at radius 2 is 2.36 bits per heavy atom. The van der Waals surface area contributed by atoms with Gasteiger partial charge >= 0.3 is 0 Å². The maximum Gasteiger partial charge on any atom is 0.166 e. The summed E-state index contributed by atoms with van der Waals surface area (Å²) in [4.78, 5) is 15.9. The molecule has 0 aliphatic carbocycles. The molecule has 1 aliphatic rings. The van der Waals surface area contributed by atoms with Gasteiger partial charge < -0.3 is 5.43 Å². The van der Waals surface area contributed by atoms with Crippen molar-refractivity contribution in [3.8, 4) is 0 Å². The van der Waals surface area contributed by atoms with Gasteiger partial charge in [0.1, 0.15) is 11.8 Å². The van der Waals surface area contributed by atoms with Gasteiger partial charge in [0, 0.05) is 18.5 Å². The SMILES string of the molecule is O=C1CCNn2cnc3cccc1c32. The van der Waals surface area contributed by atoms with Gasteiger partial charge in [-0.1, -0.05) is 6.07 Å². The summed E-state index contributed by atoms with van der Waals surface area (Å²) in [5.41, 5.74) is 5.67. The lowest BCUT2D eigenvalue weighted by molar-refractivity contribution is 0.0989. The van der Waals surface area contributed by atoms with Crippen LogP contribution in [0.25, 0.3) is 11.0 Å². The molecule has 4 nitrogen and oxygen atoms in total. The van der Waals surface area contributed by atoms with E-state index in [1.807, 2.05) is 22.9 Å². The second-order valence-electron chi connectivity index (χ2n) is 3.37. The highest BCUT2D eigenvalue weighted by Gasteiger charge is 2.16. The van der Waals surface area contributed by atoms with Gasteiger partial charge in [-0.3, -0.25) is 4.79 Å². The zero-order valence-electron chi connectivity index (χ0n) is 7.53. The van der Waals surface area contributed by atoms with Crippen LogP contribution in [0, 0.1) is 0 Å². The minimum absolute atomic E-state index is 0.183. The average molecular weight is 187 g/mol. The van der Waals surface area contributed by atoms with Crippen LogP contribution in [-0.4, -0.2) is 22.0 Å². The van der Waals surface area contributed by atoms with E-state index in [1.165, 1.54) is 0 Å². The number of para-hydroxylation sites is 1. The van der Waals surface area contributed by atoms with Crippen molar-refractivity contribution in [1.82, 2.24) is 9.66 Å². The highest BCUT2D eigenvalue weighted by Crippen LogP contribution is 2.20. The second kappa shape index (κ2) is 2.57. The number of carbonyl (C=O) groups excluding carboxylic acids is 1. The van der Waals surface area contributed by atoms with Crippen molar-refractivity contribution in [2.24, 2.45) is 0 Å². The van der Waals surface area contributed by atoms with Crippen molar-refractivity contribution in [2.75, 3.05) is 12.0 Å². The quantitative estimate of drug-likeness (QED) is 0.673. The molecule has 1 aromatic carbocycles. The van der Waals surface area contributed by atoms with Crippen LogP contribution in [-0.2, 0) is 0 Å². The molecule has 1 aliphatic heterocycles. The number of imidazole rings is 1. The molecule has 1 N–H and O–H groups in total. The van der Waals surface area contributed by atoms with Gasteiger partial charge in [0.05, 0.1) is 5.52 Å². The van der Waals surface area contributed by atoms with E-state index < -0.39 is 0 Å². The van der Waals surface area contributed by atoms with E-state index in [9.17, 15) is 4.79 Å². The lowest BCUT2D eigenvalue weighted by Gasteiger charge is -2.02. The third-order valence-electron chi connectivity index (χ3n) is 2.50. The normalized spacial score (nSPS) is 15.3. The summed E-state index contributed by atoms with van der Waals surface area (Å²) < 4.78 is 1.83. The number of carbonyl (C=O) groups is 1. The molecular weight excluding hydrogens is 178 g/mol. The van der Waals surface area contributed by atoms with E-state index in [1.54, 1.807) is 6.33 Å². The highest BCUT2D eigenvalue weighted by molar-refractivity contribution is 6.06. The number of aromatic nitrogens is 2. The molecule has 0 saturated heterocycles. The first-order valence-corrected chi connectivity index (χ1v) is 4.59. The van der Waals surface area contributed by atoms with Crippen molar-refractivity contribution in [3.05, 3.63) is 30.1 Å². The van der Waals surface area contributed by atoms with E-state index >= 15 is 0 Å². The number of ketones is 1. The third-order valence-corrected chi connectivity index (χ3v) is 2.50. The Kier molecular flexibility index (Phi) is 1.39. The summed E-state index contributed by atoms with van der Waals surface area (Å²) in [5.74, 6) is 0.183. The summed E-state index contributed by atoms with van der Waals surface area (Å²) in [6, 6.07) is 5.64. The van der Waals surface area contributed by atoms with Crippen LogP contribution in [0.5, 0.6) is 0 Å². The summed E-state index contributed by atoms with van der Waals surface area (Å²) >= 11 is 0. The van der Waals surface area contributed by atoms with Gasteiger partial charge in [0.2, 0.25) is 0 Å². The molecule has 14 heavy (non-hydrogen) atoms. The summed E-state index contributed by atoms with van der Waals surface area (Å²) in [5, 5.41) is 0. The standard InChI is InChI=1S/C10H9N3O/c14-9-4-5-12-13-6-11-8-3-1-2-7(9)10(8)13/h1-3,6,12H,4-5H2. The van der Waals surface area contributed by atoms with Crippen molar-refractivity contribution >= 4 is 16.8 Å². The largest absolute Gasteiger partial charge is 0.324 e. The first-order valence-electron chi connectivity index (χ1n) is 4.59. The Bertz CT molecular complexity index is 515. The molecular formula is C10H9N3O. The Morgan fingerprint density at radius 1 is 1.43 bits per heavy atom. The van der Waals surface area contributed by atoms with Crippen LogP contribution in [0.2, 0.25) is 0 Å². The fourth-order valence-corrected chi connectivity index (χ4v) is 1.84. The molecule has 0 spiro atoms. The molecule has 0 unspecified atom stereocenters. The molecule has 4 heteroatoms. The molecule has 0 saturated carbocycles. The lowest BCUT2D eigenvalue weighted by atomic mass is 10.1. The average Bonchev–Trinajstić information content (AvgIpc) is 2.53. The molecule has 0 radical (unpaired) electrons. The predicted octanol–water partition coefficient (Wildman–Crippen LogP) is 1.17. The predicted molar refractivity (Wildman–Crippen MR) is 52.9 cm³/mol. The van der Waals surface area contributed by atoms with E-state index in [2.05, 4.69) is 10.4 Å². The minimum atomic E-state index is 0.183. The Hall–Kier alpha value is -1.84. The van der Waals surface area contributed by atoms with Gasteiger partial charge in [0.15, 0.2) is 5.78 Å². The molecule has 0 bridgehead atoms. The Labute approximate surface area is 80.5 Å². The van der Waals surface area contributed by atoms with Gasteiger partial charge in [-0.25, -0.2) is 9.66 Å². The number of nitrogens with zero attached hydrogens (tertiary/aromatic N) is 2. The smallest absolute Gasteiger partial charge is 0.166 e. The van der Waals surface area contributed by atoms with Crippen LogP contribution in [0.3, 0.4) is 0 Å². The number of nitrogens with one attached hydrogen (secondary N) is 1. The zero-order chi connectivity index (χ0) is 9.54. The number of rotatable bonds is 0. The zero-order valence-corrected chi connectivity index (χ0v) is 7.53. The molecule has 2 heterocycles. The van der Waals surface area contributed by atoms with Crippen LogP contribution < -0.4 is 5.43 Å². The van der Waals surface area contributed by atoms with E-state index in [-0.39, 0.29) is 5.78 Å². The van der Waals surface area contributed by atoms with Crippen LogP contribution in [0.4, 0.5) is 0 Å². The second-order valence-corrected chi connectivity index (χ2v) is 3.37. The minimum Gasteiger partial charge on any atom is -0.324 e. The molecule has 0 fully saturated rings. The Balaban J connectivity index is 2.44. The van der Waals surface area contributed by atoms with Crippen molar-refractivity contribution in [1.29, 1.82) is 0 Å². The fraction of sp³-hybridized carbons (Fsp3) is 0.200. The van der Waals surface area contributed by atoms with E-state index in [0.29, 0.717) is 13.0 Å². The first kappa shape index (κ1) is 7.55. The molecule has 0 atom stereocenters. The van der Waals surface area contributed by atoms with E-state index in [4.69, 9.17) is 0 Å². The van der Waals surface area contributed by atoms with Crippen molar-refractivity contribution < 1.29 is 4.79 Å². The third kappa shape index (κ3) is 0.878. The highest BCUT2D eigenvalue weighted by atomic mass is 16.1. The summed E-state index contributed by atoms with van der Waals surface area (Å²) in [7, 11) is 0. The number of Topliss-reactive ketones (excluding diaryl/α,β-unsaturated/α-hetero) is 1. The number of hydrogen-bond acceptors (Lipinski definition) is 3. The fourth-order valence-electron chi connectivity index (χ4n) is 1.84. The lowest BCUT2D eigenvalue weighted by Crippen LogP contribution is -2.13. The summed E-state index contributed by atoms with van der Waals surface area (Å²) in [6.45, 7) is 0.666. The topological polar surface area (TPSA) is 46.9 Å².